The van der Waals surface area contributed by atoms with Gasteiger partial charge in [-0.2, -0.15) is 0 Å². The summed E-state index contributed by atoms with van der Waals surface area (Å²) in [5.41, 5.74) is 1.97. The van der Waals surface area contributed by atoms with Crippen molar-refractivity contribution in [1.82, 2.24) is 4.90 Å². The van der Waals surface area contributed by atoms with Gasteiger partial charge in [-0.05, 0) is 23.8 Å². The summed E-state index contributed by atoms with van der Waals surface area (Å²) in [6, 6.07) is 10.2. The van der Waals surface area contributed by atoms with Crippen LogP contribution in [0.2, 0.25) is 0 Å². The first-order chi connectivity index (χ1) is 11.0. The van der Waals surface area contributed by atoms with Crippen LogP contribution in [0.3, 0.4) is 0 Å². The van der Waals surface area contributed by atoms with E-state index in [0.29, 0.717) is 22.7 Å². The van der Waals surface area contributed by atoms with Crippen molar-refractivity contribution in [2.45, 2.75) is 6.17 Å². The van der Waals surface area contributed by atoms with Crippen molar-refractivity contribution < 1.29 is 19.4 Å². The van der Waals surface area contributed by atoms with Crippen molar-refractivity contribution in [2.75, 3.05) is 26.6 Å². The summed E-state index contributed by atoms with van der Waals surface area (Å²) < 4.78 is 10.6. The van der Waals surface area contributed by atoms with E-state index in [1.165, 1.54) is 7.11 Å². The number of amides is 1. The van der Waals surface area contributed by atoms with Gasteiger partial charge in [0, 0.05) is 13.1 Å². The molecule has 0 spiro atoms. The minimum atomic E-state index is -0.375. The van der Waals surface area contributed by atoms with E-state index in [4.69, 9.17) is 9.47 Å². The number of aromatic hydroxyl groups is 1. The molecule has 1 aliphatic rings. The Labute approximate surface area is 134 Å². The van der Waals surface area contributed by atoms with Crippen LogP contribution in [0, 0.1) is 0 Å². The maximum atomic E-state index is 12.7. The molecule has 1 atom stereocenters. The summed E-state index contributed by atoms with van der Waals surface area (Å²) in [6.07, 6.45) is -0.375. The van der Waals surface area contributed by atoms with Gasteiger partial charge in [-0.15, -0.1) is 0 Å². The van der Waals surface area contributed by atoms with Crippen LogP contribution in [-0.4, -0.2) is 37.2 Å². The highest BCUT2D eigenvalue weighted by Crippen LogP contribution is 2.39. The van der Waals surface area contributed by atoms with E-state index in [0.717, 1.165) is 5.56 Å². The summed E-state index contributed by atoms with van der Waals surface area (Å²) in [4.78, 5) is 14.3. The van der Waals surface area contributed by atoms with Crippen LogP contribution in [0.1, 0.15) is 22.1 Å². The molecule has 0 aliphatic carbocycles. The zero-order valence-corrected chi connectivity index (χ0v) is 13.2. The van der Waals surface area contributed by atoms with E-state index in [1.807, 2.05) is 6.07 Å². The Hall–Kier alpha value is -2.89. The molecule has 2 aromatic rings. The smallest absolute Gasteiger partial charge is 0.257 e. The van der Waals surface area contributed by atoms with Crippen molar-refractivity contribution in [3.05, 3.63) is 47.5 Å². The number of ether oxygens (including phenoxy) is 2. The van der Waals surface area contributed by atoms with Gasteiger partial charge in [0.2, 0.25) is 0 Å². The van der Waals surface area contributed by atoms with Gasteiger partial charge in [0.1, 0.15) is 11.9 Å². The second kappa shape index (κ2) is 5.72. The van der Waals surface area contributed by atoms with Crippen LogP contribution in [0.25, 0.3) is 0 Å². The van der Waals surface area contributed by atoms with Gasteiger partial charge in [0.05, 0.1) is 25.5 Å². The van der Waals surface area contributed by atoms with Crippen LogP contribution in [0.15, 0.2) is 36.4 Å². The Bertz CT molecular complexity index is 760. The number of nitrogens with one attached hydrogen (secondary N) is 1. The van der Waals surface area contributed by atoms with E-state index in [1.54, 1.807) is 49.4 Å². The van der Waals surface area contributed by atoms with E-state index in [9.17, 15) is 9.90 Å². The van der Waals surface area contributed by atoms with E-state index < -0.39 is 0 Å². The standard InChI is InChI=1S/C17H18N2O4/c1-19-16(10-5-4-6-11(20)7-10)18-13-9-15(23-3)14(22-2)8-12(13)17(19)21/h4-9,16,18,20H,1-3H3/t16-/m1/s1. The monoisotopic (exact) mass is 314 g/mol. The first-order valence-corrected chi connectivity index (χ1v) is 7.13. The van der Waals surface area contributed by atoms with Crippen molar-refractivity contribution in [3.63, 3.8) is 0 Å². The molecule has 0 saturated carbocycles. The molecule has 0 unspecified atom stereocenters. The fourth-order valence-electron chi connectivity index (χ4n) is 2.73. The van der Waals surface area contributed by atoms with Gasteiger partial charge in [-0.25, -0.2) is 0 Å². The lowest BCUT2D eigenvalue weighted by atomic mass is 10.0. The zero-order valence-electron chi connectivity index (χ0n) is 13.2. The molecule has 3 rings (SSSR count). The Kier molecular flexibility index (Phi) is 3.73. The van der Waals surface area contributed by atoms with Crippen LogP contribution in [-0.2, 0) is 0 Å². The number of methoxy groups -OCH3 is 2. The molecule has 0 bridgehead atoms. The number of hydrogen-bond donors (Lipinski definition) is 2. The van der Waals surface area contributed by atoms with Crippen LogP contribution in [0.4, 0.5) is 5.69 Å². The summed E-state index contributed by atoms with van der Waals surface area (Å²) in [5.74, 6) is 1.08. The molecule has 0 fully saturated rings. The lowest BCUT2D eigenvalue weighted by Gasteiger charge is -2.36. The molecular weight excluding hydrogens is 296 g/mol. The number of benzene rings is 2. The third-order valence-corrected chi connectivity index (χ3v) is 3.94. The number of rotatable bonds is 3. The van der Waals surface area contributed by atoms with Crippen molar-refractivity contribution >= 4 is 11.6 Å². The Morgan fingerprint density at radius 3 is 2.48 bits per heavy atom. The fraction of sp³-hybridized carbons (Fsp3) is 0.235. The minimum absolute atomic E-state index is 0.131. The first-order valence-electron chi connectivity index (χ1n) is 7.13. The summed E-state index contributed by atoms with van der Waals surface area (Å²) >= 11 is 0. The molecule has 1 aliphatic heterocycles. The third kappa shape index (κ3) is 2.52. The predicted molar refractivity (Wildman–Crippen MR) is 86.1 cm³/mol. The van der Waals surface area contributed by atoms with Gasteiger partial charge in [0.25, 0.3) is 5.91 Å². The highest BCUT2D eigenvalue weighted by molar-refractivity contribution is 6.02. The SMILES string of the molecule is COc1cc2c(cc1OC)C(=O)N(C)[C@H](c1cccc(O)c1)N2. The Morgan fingerprint density at radius 2 is 1.83 bits per heavy atom. The third-order valence-electron chi connectivity index (χ3n) is 3.94. The van der Waals surface area contributed by atoms with E-state index in [2.05, 4.69) is 5.32 Å². The molecule has 120 valence electrons. The number of phenols is 1. The highest BCUT2D eigenvalue weighted by atomic mass is 16.5. The quantitative estimate of drug-likeness (QED) is 0.911. The lowest BCUT2D eigenvalue weighted by Crippen LogP contribution is -2.40. The second-order valence-corrected chi connectivity index (χ2v) is 5.31. The van der Waals surface area contributed by atoms with Gasteiger partial charge in [0.15, 0.2) is 11.5 Å². The Balaban J connectivity index is 2.06. The summed E-state index contributed by atoms with van der Waals surface area (Å²) in [7, 11) is 4.79. The molecule has 1 heterocycles. The zero-order chi connectivity index (χ0) is 16.6. The number of anilines is 1. The normalized spacial score (nSPS) is 16.6. The number of hydrogen-bond acceptors (Lipinski definition) is 5. The number of phenolic OH excluding ortho intramolecular Hbond substituents is 1. The maximum absolute atomic E-state index is 12.7. The minimum Gasteiger partial charge on any atom is -0.508 e. The van der Waals surface area contributed by atoms with Crippen molar-refractivity contribution in [3.8, 4) is 17.2 Å². The average Bonchev–Trinajstić information content (AvgIpc) is 2.57. The molecule has 23 heavy (non-hydrogen) atoms. The summed E-state index contributed by atoms with van der Waals surface area (Å²) in [5, 5.41) is 13.0. The first kappa shape index (κ1) is 15.0. The molecule has 2 aromatic carbocycles. The maximum Gasteiger partial charge on any atom is 0.257 e. The fourth-order valence-corrected chi connectivity index (χ4v) is 2.73. The van der Waals surface area contributed by atoms with Crippen LogP contribution >= 0.6 is 0 Å². The number of carbonyl (C=O) groups is 1. The van der Waals surface area contributed by atoms with Crippen LogP contribution in [0.5, 0.6) is 17.2 Å². The topological polar surface area (TPSA) is 71.0 Å². The number of nitrogens with zero attached hydrogens (tertiary/aromatic N) is 1. The molecule has 0 saturated heterocycles. The second-order valence-electron chi connectivity index (χ2n) is 5.31. The Morgan fingerprint density at radius 1 is 1.13 bits per heavy atom. The van der Waals surface area contributed by atoms with Gasteiger partial charge < -0.3 is 24.8 Å². The molecule has 1 amide bonds. The lowest BCUT2D eigenvalue weighted by molar-refractivity contribution is 0.0734. The predicted octanol–water partition coefficient (Wildman–Crippen LogP) is 2.61. The molecule has 6 nitrogen and oxygen atoms in total. The van der Waals surface area contributed by atoms with Gasteiger partial charge in [-0.3, -0.25) is 4.79 Å². The molecular formula is C17H18N2O4. The number of fused-ring (bicyclic) bond motifs is 1. The number of carbonyl (C=O) groups excluding carboxylic acids is 1. The molecule has 0 aromatic heterocycles. The highest BCUT2D eigenvalue weighted by Gasteiger charge is 2.31. The summed E-state index contributed by atoms with van der Waals surface area (Å²) in [6.45, 7) is 0. The largest absolute Gasteiger partial charge is 0.508 e. The van der Waals surface area contributed by atoms with Gasteiger partial charge >= 0.3 is 0 Å². The van der Waals surface area contributed by atoms with E-state index in [-0.39, 0.29) is 17.8 Å². The molecule has 2 N–H and O–H groups in total. The molecule has 6 heteroatoms. The van der Waals surface area contributed by atoms with Crippen molar-refractivity contribution in [1.29, 1.82) is 0 Å². The van der Waals surface area contributed by atoms with E-state index >= 15 is 0 Å². The van der Waals surface area contributed by atoms with Gasteiger partial charge in [-0.1, -0.05) is 12.1 Å². The van der Waals surface area contributed by atoms with Crippen LogP contribution < -0.4 is 14.8 Å². The average molecular weight is 314 g/mol. The molecule has 0 radical (unpaired) electrons. The van der Waals surface area contributed by atoms with Crippen molar-refractivity contribution in [2.24, 2.45) is 0 Å².